The van der Waals surface area contributed by atoms with E-state index in [0.29, 0.717) is 0 Å². The summed E-state index contributed by atoms with van der Waals surface area (Å²) in [6, 6.07) is 9.07. The van der Waals surface area contributed by atoms with Crippen LogP contribution in [0.4, 0.5) is 0 Å². The molecule has 0 aromatic heterocycles. The summed E-state index contributed by atoms with van der Waals surface area (Å²) in [6.45, 7) is 10.5. The highest BCUT2D eigenvalue weighted by Gasteiger charge is 2.29. The van der Waals surface area contributed by atoms with Gasteiger partial charge in [-0.05, 0) is 24.9 Å². The van der Waals surface area contributed by atoms with Gasteiger partial charge in [0.25, 0.3) is 0 Å². The molecule has 1 heterocycles. The van der Waals surface area contributed by atoms with Crippen LogP contribution in [0.1, 0.15) is 30.9 Å². The zero-order valence-electron chi connectivity index (χ0n) is 10.0. The summed E-state index contributed by atoms with van der Waals surface area (Å²) in [5.74, 6) is 1.54. The van der Waals surface area contributed by atoms with E-state index in [4.69, 9.17) is 0 Å². The third kappa shape index (κ3) is 2.23. The summed E-state index contributed by atoms with van der Waals surface area (Å²) in [7, 11) is 0. The van der Waals surface area contributed by atoms with Crippen LogP contribution in [0, 0.1) is 12.8 Å². The first-order chi connectivity index (χ1) is 7.20. The Bertz CT molecular complexity index is 315. The van der Waals surface area contributed by atoms with E-state index in [-0.39, 0.29) is 0 Å². The Morgan fingerprint density at radius 3 is 2.40 bits per heavy atom. The second kappa shape index (κ2) is 4.36. The quantitative estimate of drug-likeness (QED) is 0.714. The van der Waals surface area contributed by atoms with Crippen molar-refractivity contribution >= 4 is 0 Å². The molecule has 1 saturated heterocycles. The van der Waals surface area contributed by atoms with E-state index >= 15 is 0 Å². The van der Waals surface area contributed by atoms with Crippen LogP contribution in [0.3, 0.4) is 0 Å². The number of hydrogen-bond donors (Lipinski definition) is 0. The normalized spacial score (nSPS) is 27.1. The van der Waals surface area contributed by atoms with Gasteiger partial charge in [-0.1, -0.05) is 43.7 Å². The van der Waals surface area contributed by atoms with Crippen molar-refractivity contribution in [3.8, 4) is 0 Å². The molecule has 1 aromatic rings. The van der Waals surface area contributed by atoms with Gasteiger partial charge in [-0.25, -0.2) is 0 Å². The molecule has 1 heteroatoms. The monoisotopic (exact) mass is 203 g/mol. The van der Waals surface area contributed by atoms with Crippen LogP contribution in [0.5, 0.6) is 0 Å². The SMILES string of the molecule is CCN1C[C@@H](C)[C@H](c2ccc(C)cc2)C1. The van der Waals surface area contributed by atoms with Crippen molar-refractivity contribution in [3.05, 3.63) is 35.4 Å². The summed E-state index contributed by atoms with van der Waals surface area (Å²) in [4.78, 5) is 2.55. The molecule has 1 fully saturated rings. The second-order valence-electron chi connectivity index (χ2n) is 4.85. The van der Waals surface area contributed by atoms with Gasteiger partial charge in [-0.2, -0.15) is 0 Å². The second-order valence-corrected chi connectivity index (χ2v) is 4.85. The molecule has 15 heavy (non-hydrogen) atoms. The third-order valence-corrected chi connectivity index (χ3v) is 3.64. The molecule has 0 spiro atoms. The lowest BCUT2D eigenvalue weighted by atomic mass is 9.90. The number of likely N-dealkylation sites (tertiary alicyclic amines) is 1. The Balaban J connectivity index is 2.14. The standard InChI is InChI=1S/C14H21N/c1-4-15-9-12(3)14(10-15)13-7-5-11(2)6-8-13/h5-8,12,14H,4,9-10H2,1-3H3/t12-,14-/m1/s1. The van der Waals surface area contributed by atoms with Crippen molar-refractivity contribution in [2.45, 2.75) is 26.7 Å². The van der Waals surface area contributed by atoms with Gasteiger partial charge in [0, 0.05) is 19.0 Å². The molecule has 0 radical (unpaired) electrons. The predicted molar refractivity (Wildman–Crippen MR) is 65.2 cm³/mol. The Morgan fingerprint density at radius 1 is 1.20 bits per heavy atom. The maximum atomic E-state index is 2.55. The highest BCUT2D eigenvalue weighted by atomic mass is 15.1. The average Bonchev–Trinajstić information content (AvgIpc) is 2.61. The average molecular weight is 203 g/mol. The van der Waals surface area contributed by atoms with Crippen LogP contribution in [0.2, 0.25) is 0 Å². The smallest absolute Gasteiger partial charge is 0.00533 e. The molecule has 0 amide bonds. The molecular weight excluding hydrogens is 182 g/mol. The molecule has 0 saturated carbocycles. The number of aryl methyl sites for hydroxylation is 1. The zero-order chi connectivity index (χ0) is 10.8. The molecule has 0 bridgehead atoms. The van der Waals surface area contributed by atoms with E-state index in [2.05, 4.69) is 49.9 Å². The Kier molecular flexibility index (Phi) is 3.11. The van der Waals surface area contributed by atoms with Crippen LogP contribution in [0.15, 0.2) is 24.3 Å². The molecule has 1 aliphatic rings. The third-order valence-electron chi connectivity index (χ3n) is 3.64. The van der Waals surface area contributed by atoms with Crippen molar-refractivity contribution in [3.63, 3.8) is 0 Å². The molecular formula is C14H21N. The minimum atomic E-state index is 0.741. The van der Waals surface area contributed by atoms with Gasteiger partial charge in [0.15, 0.2) is 0 Å². The lowest BCUT2D eigenvalue weighted by Gasteiger charge is -2.15. The van der Waals surface area contributed by atoms with Crippen LogP contribution in [0.25, 0.3) is 0 Å². The molecule has 0 aliphatic carbocycles. The fourth-order valence-corrected chi connectivity index (χ4v) is 2.57. The topological polar surface area (TPSA) is 3.24 Å². The Morgan fingerprint density at radius 2 is 1.87 bits per heavy atom. The van der Waals surface area contributed by atoms with Crippen molar-refractivity contribution in [1.82, 2.24) is 4.90 Å². The molecule has 82 valence electrons. The molecule has 2 atom stereocenters. The fourth-order valence-electron chi connectivity index (χ4n) is 2.57. The number of rotatable bonds is 2. The Hall–Kier alpha value is -0.820. The fraction of sp³-hybridized carbons (Fsp3) is 0.571. The van der Waals surface area contributed by atoms with E-state index < -0.39 is 0 Å². The first-order valence-corrected chi connectivity index (χ1v) is 5.99. The number of hydrogen-bond acceptors (Lipinski definition) is 1. The minimum Gasteiger partial charge on any atom is -0.303 e. The highest BCUT2D eigenvalue weighted by molar-refractivity contribution is 5.26. The lowest BCUT2D eigenvalue weighted by molar-refractivity contribution is 0.345. The van der Waals surface area contributed by atoms with E-state index in [0.717, 1.165) is 11.8 Å². The first-order valence-electron chi connectivity index (χ1n) is 5.99. The maximum absolute atomic E-state index is 2.55. The molecule has 1 aromatic carbocycles. The first kappa shape index (κ1) is 10.7. The van der Waals surface area contributed by atoms with E-state index in [1.807, 2.05) is 0 Å². The lowest BCUT2D eigenvalue weighted by Crippen LogP contribution is -2.19. The van der Waals surface area contributed by atoms with Gasteiger partial charge in [-0.3, -0.25) is 0 Å². The van der Waals surface area contributed by atoms with E-state index in [9.17, 15) is 0 Å². The van der Waals surface area contributed by atoms with Gasteiger partial charge in [-0.15, -0.1) is 0 Å². The van der Waals surface area contributed by atoms with E-state index in [1.54, 1.807) is 0 Å². The highest BCUT2D eigenvalue weighted by Crippen LogP contribution is 2.31. The molecule has 1 nitrogen and oxygen atoms in total. The maximum Gasteiger partial charge on any atom is 0.00533 e. The molecule has 0 unspecified atom stereocenters. The van der Waals surface area contributed by atoms with Gasteiger partial charge in [0.1, 0.15) is 0 Å². The number of nitrogens with zero attached hydrogens (tertiary/aromatic N) is 1. The molecule has 1 aliphatic heterocycles. The van der Waals surface area contributed by atoms with Crippen molar-refractivity contribution in [1.29, 1.82) is 0 Å². The van der Waals surface area contributed by atoms with E-state index in [1.165, 1.54) is 30.8 Å². The number of benzene rings is 1. The van der Waals surface area contributed by atoms with Crippen molar-refractivity contribution in [2.75, 3.05) is 19.6 Å². The zero-order valence-corrected chi connectivity index (χ0v) is 10.0. The summed E-state index contributed by atoms with van der Waals surface area (Å²) in [5.41, 5.74) is 2.88. The molecule has 2 rings (SSSR count). The molecule has 0 N–H and O–H groups in total. The largest absolute Gasteiger partial charge is 0.303 e. The minimum absolute atomic E-state index is 0.741. The van der Waals surface area contributed by atoms with Crippen LogP contribution >= 0.6 is 0 Å². The van der Waals surface area contributed by atoms with Crippen LogP contribution in [-0.4, -0.2) is 24.5 Å². The predicted octanol–water partition coefficient (Wildman–Crippen LogP) is 3.05. The van der Waals surface area contributed by atoms with Gasteiger partial charge < -0.3 is 4.90 Å². The summed E-state index contributed by atoms with van der Waals surface area (Å²) < 4.78 is 0. The van der Waals surface area contributed by atoms with Crippen LogP contribution < -0.4 is 0 Å². The Labute approximate surface area is 93.1 Å². The van der Waals surface area contributed by atoms with Crippen LogP contribution in [-0.2, 0) is 0 Å². The van der Waals surface area contributed by atoms with Gasteiger partial charge in [0.05, 0.1) is 0 Å². The van der Waals surface area contributed by atoms with Gasteiger partial charge in [0.2, 0.25) is 0 Å². The summed E-state index contributed by atoms with van der Waals surface area (Å²) in [5, 5.41) is 0. The summed E-state index contributed by atoms with van der Waals surface area (Å²) in [6.07, 6.45) is 0. The number of likely N-dealkylation sites (N-methyl/N-ethyl adjacent to an activating group) is 1. The van der Waals surface area contributed by atoms with Crippen molar-refractivity contribution in [2.24, 2.45) is 5.92 Å². The van der Waals surface area contributed by atoms with Crippen molar-refractivity contribution < 1.29 is 0 Å². The summed E-state index contributed by atoms with van der Waals surface area (Å²) >= 11 is 0. The van der Waals surface area contributed by atoms with Gasteiger partial charge >= 0.3 is 0 Å².